The number of carbonyl (C=O) groups is 2. The number of imide groups is 1. The summed E-state index contributed by atoms with van der Waals surface area (Å²) in [5.74, 6) is -1.34. The van der Waals surface area contributed by atoms with Gasteiger partial charge in [0, 0.05) is 0 Å². The Kier molecular flexibility index (Phi) is 3.57. The third-order valence-corrected chi connectivity index (χ3v) is 4.79. The Morgan fingerprint density at radius 1 is 1.25 bits per heavy atom. The molecule has 1 aromatic rings. The normalized spacial score (nSPS) is 16.6. The van der Waals surface area contributed by atoms with Gasteiger partial charge < -0.3 is 0 Å². The van der Waals surface area contributed by atoms with Crippen molar-refractivity contribution in [1.82, 2.24) is 9.62 Å². The zero-order valence-electron chi connectivity index (χ0n) is 10.6. The van der Waals surface area contributed by atoms with Crippen LogP contribution in [0.25, 0.3) is 0 Å². The average molecular weight is 293 g/mol. The maximum atomic E-state index is 12.5. The molecular weight excluding hydrogens is 282 g/mol. The van der Waals surface area contributed by atoms with Gasteiger partial charge in [-0.05, 0) is 24.6 Å². The first kappa shape index (κ1) is 14.2. The minimum atomic E-state index is -3.99. The van der Waals surface area contributed by atoms with Gasteiger partial charge in [0.1, 0.15) is 0 Å². The molecule has 7 nitrogen and oxygen atoms in total. The summed E-state index contributed by atoms with van der Waals surface area (Å²) in [4.78, 5) is 22.5. The van der Waals surface area contributed by atoms with Crippen molar-refractivity contribution in [1.29, 1.82) is 5.26 Å². The van der Waals surface area contributed by atoms with E-state index < -0.39 is 34.9 Å². The van der Waals surface area contributed by atoms with E-state index in [0.29, 0.717) is 5.56 Å². The number of hydrogen-bond acceptors (Lipinski definition) is 5. The first-order chi connectivity index (χ1) is 9.34. The lowest BCUT2D eigenvalue weighted by Crippen LogP contribution is -2.53. The monoisotopic (exact) mass is 293 g/mol. The van der Waals surface area contributed by atoms with Gasteiger partial charge in [-0.1, -0.05) is 6.07 Å². The standard InChI is InChI=1S/C12H11N3O4S/c1-8-2-3-9(5-13)4-10(8)20(18,19)15-6-11(16)14-12(17)7-15/h2-4H,6-7H2,1H3,(H,14,16,17). The van der Waals surface area contributed by atoms with E-state index in [1.807, 2.05) is 11.4 Å². The fourth-order valence-electron chi connectivity index (χ4n) is 1.87. The van der Waals surface area contributed by atoms with Gasteiger partial charge in [-0.3, -0.25) is 14.9 Å². The molecule has 20 heavy (non-hydrogen) atoms. The van der Waals surface area contributed by atoms with Gasteiger partial charge in [-0.25, -0.2) is 8.42 Å². The summed E-state index contributed by atoms with van der Waals surface area (Å²) in [6, 6.07) is 6.11. The van der Waals surface area contributed by atoms with Crippen molar-refractivity contribution in [3.05, 3.63) is 29.3 Å². The molecule has 1 aliphatic rings. The van der Waals surface area contributed by atoms with Crippen LogP contribution in [0.5, 0.6) is 0 Å². The second-order valence-corrected chi connectivity index (χ2v) is 6.24. The molecule has 0 radical (unpaired) electrons. The predicted octanol–water partition coefficient (Wildman–Crippen LogP) is -0.486. The Bertz CT molecular complexity index is 718. The van der Waals surface area contributed by atoms with Gasteiger partial charge in [0.05, 0.1) is 29.6 Å². The first-order valence-electron chi connectivity index (χ1n) is 5.68. The topological polar surface area (TPSA) is 107 Å². The summed E-state index contributed by atoms with van der Waals surface area (Å²) in [6.45, 7) is 0.758. The molecule has 1 N–H and O–H groups in total. The van der Waals surface area contributed by atoms with Crippen LogP contribution >= 0.6 is 0 Å². The van der Waals surface area contributed by atoms with Gasteiger partial charge >= 0.3 is 0 Å². The van der Waals surface area contributed by atoms with Crippen LogP contribution in [0.15, 0.2) is 23.1 Å². The molecule has 1 aliphatic heterocycles. The Labute approximate surface area is 115 Å². The quantitative estimate of drug-likeness (QED) is 0.741. The minimum absolute atomic E-state index is 0.0703. The number of nitrogens with zero attached hydrogens (tertiary/aromatic N) is 2. The molecule has 0 spiro atoms. The maximum absolute atomic E-state index is 12.5. The Hall–Kier alpha value is -2.24. The number of hydrogen-bond donors (Lipinski definition) is 1. The molecule has 1 aromatic carbocycles. The van der Waals surface area contributed by atoms with Crippen molar-refractivity contribution in [3.8, 4) is 6.07 Å². The third-order valence-electron chi connectivity index (χ3n) is 2.85. The van der Waals surface area contributed by atoms with E-state index >= 15 is 0 Å². The zero-order valence-corrected chi connectivity index (χ0v) is 11.4. The highest BCUT2D eigenvalue weighted by Crippen LogP contribution is 2.21. The fourth-order valence-corrected chi connectivity index (χ4v) is 3.47. The summed E-state index contributed by atoms with van der Waals surface area (Å²) in [5, 5.41) is 10.9. The Balaban J connectivity index is 2.48. The largest absolute Gasteiger partial charge is 0.294 e. The highest BCUT2D eigenvalue weighted by molar-refractivity contribution is 7.89. The van der Waals surface area contributed by atoms with Crippen molar-refractivity contribution in [2.75, 3.05) is 13.1 Å². The molecule has 8 heteroatoms. The second kappa shape index (κ2) is 5.03. The van der Waals surface area contributed by atoms with E-state index in [9.17, 15) is 18.0 Å². The van der Waals surface area contributed by atoms with Crippen molar-refractivity contribution < 1.29 is 18.0 Å². The Morgan fingerprint density at radius 2 is 1.85 bits per heavy atom. The van der Waals surface area contributed by atoms with Crippen LogP contribution < -0.4 is 5.32 Å². The SMILES string of the molecule is Cc1ccc(C#N)cc1S(=O)(=O)N1CC(=O)NC(=O)C1. The summed E-state index contributed by atoms with van der Waals surface area (Å²) in [7, 11) is -3.99. The smallest absolute Gasteiger partial charge is 0.244 e. The predicted molar refractivity (Wildman–Crippen MR) is 67.8 cm³/mol. The number of nitrogens with one attached hydrogen (secondary N) is 1. The first-order valence-corrected chi connectivity index (χ1v) is 7.12. The van der Waals surface area contributed by atoms with E-state index in [0.717, 1.165) is 4.31 Å². The van der Waals surface area contributed by atoms with E-state index in [2.05, 4.69) is 0 Å². The molecule has 1 fully saturated rings. The molecule has 0 bridgehead atoms. The number of nitriles is 1. The van der Waals surface area contributed by atoms with Crippen LogP contribution in [-0.4, -0.2) is 37.6 Å². The van der Waals surface area contributed by atoms with Crippen LogP contribution in [0.1, 0.15) is 11.1 Å². The van der Waals surface area contributed by atoms with Crippen LogP contribution in [0.2, 0.25) is 0 Å². The number of piperazine rings is 1. The molecule has 1 saturated heterocycles. The number of sulfonamides is 1. The van der Waals surface area contributed by atoms with Gasteiger partial charge in [0.15, 0.2) is 0 Å². The number of rotatable bonds is 2. The lowest BCUT2D eigenvalue weighted by Gasteiger charge is -2.25. The lowest BCUT2D eigenvalue weighted by atomic mass is 10.2. The highest BCUT2D eigenvalue weighted by Gasteiger charge is 2.33. The molecular formula is C12H11N3O4S. The fraction of sp³-hybridized carbons (Fsp3) is 0.250. The maximum Gasteiger partial charge on any atom is 0.244 e. The summed E-state index contributed by atoms with van der Waals surface area (Å²) < 4.78 is 25.7. The van der Waals surface area contributed by atoms with Crippen molar-refractivity contribution in [2.45, 2.75) is 11.8 Å². The van der Waals surface area contributed by atoms with Crippen molar-refractivity contribution in [3.63, 3.8) is 0 Å². The molecule has 2 rings (SSSR count). The second-order valence-electron chi connectivity index (χ2n) is 4.34. The number of aryl methyl sites for hydroxylation is 1. The van der Waals surface area contributed by atoms with Gasteiger partial charge in [-0.15, -0.1) is 0 Å². The van der Waals surface area contributed by atoms with E-state index in [1.165, 1.54) is 18.2 Å². The third kappa shape index (κ3) is 2.54. The van der Waals surface area contributed by atoms with E-state index in [4.69, 9.17) is 5.26 Å². The van der Waals surface area contributed by atoms with Crippen LogP contribution in [0.3, 0.4) is 0 Å². The van der Waals surface area contributed by atoms with E-state index in [1.54, 1.807) is 6.92 Å². The van der Waals surface area contributed by atoms with Gasteiger partial charge in [0.25, 0.3) is 0 Å². The van der Waals surface area contributed by atoms with Crippen LogP contribution in [-0.2, 0) is 19.6 Å². The van der Waals surface area contributed by atoms with Gasteiger partial charge in [-0.2, -0.15) is 9.57 Å². The number of amides is 2. The average Bonchev–Trinajstić information content (AvgIpc) is 2.38. The summed E-state index contributed by atoms with van der Waals surface area (Å²) >= 11 is 0. The molecule has 0 unspecified atom stereocenters. The number of carbonyl (C=O) groups excluding carboxylic acids is 2. The molecule has 1 heterocycles. The van der Waals surface area contributed by atoms with E-state index in [-0.39, 0.29) is 10.5 Å². The minimum Gasteiger partial charge on any atom is -0.294 e. The molecule has 0 atom stereocenters. The van der Waals surface area contributed by atoms with Crippen molar-refractivity contribution >= 4 is 21.8 Å². The number of benzene rings is 1. The van der Waals surface area contributed by atoms with Gasteiger partial charge in [0.2, 0.25) is 21.8 Å². The van der Waals surface area contributed by atoms with Crippen LogP contribution in [0.4, 0.5) is 0 Å². The van der Waals surface area contributed by atoms with Crippen molar-refractivity contribution in [2.24, 2.45) is 0 Å². The summed E-state index contributed by atoms with van der Waals surface area (Å²) in [6.07, 6.45) is 0. The molecule has 2 amide bonds. The Morgan fingerprint density at radius 3 is 2.40 bits per heavy atom. The highest BCUT2D eigenvalue weighted by atomic mass is 32.2. The van der Waals surface area contributed by atoms with Crippen LogP contribution in [0, 0.1) is 18.3 Å². The molecule has 0 aromatic heterocycles. The summed E-state index contributed by atoms with van der Waals surface area (Å²) in [5.41, 5.74) is 0.643. The molecule has 0 aliphatic carbocycles. The molecule has 0 saturated carbocycles. The lowest BCUT2D eigenvalue weighted by molar-refractivity contribution is -0.134. The molecule has 104 valence electrons. The zero-order chi connectivity index (χ0) is 14.9.